The molecule has 0 aliphatic heterocycles. The predicted molar refractivity (Wildman–Crippen MR) is 138 cm³/mol. The Labute approximate surface area is 184 Å². The summed E-state index contributed by atoms with van der Waals surface area (Å²) < 4.78 is 0. The minimum absolute atomic E-state index is 0.685. The van der Waals surface area contributed by atoms with E-state index in [1.54, 1.807) is 0 Å². The van der Waals surface area contributed by atoms with Crippen molar-refractivity contribution in [1.29, 1.82) is 0 Å². The van der Waals surface area contributed by atoms with Gasteiger partial charge in [0.05, 0.1) is 0 Å². The zero-order valence-corrected chi connectivity index (χ0v) is 19.4. The van der Waals surface area contributed by atoms with Crippen LogP contribution >= 0.6 is 17.2 Å². The Morgan fingerprint density at radius 3 is 1.37 bits per heavy atom. The largest absolute Gasteiger partial charge is 0.0821 e. The van der Waals surface area contributed by atoms with Gasteiger partial charge in [-0.3, -0.25) is 0 Å². The van der Waals surface area contributed by atoms with Crippen molar-refractivity contribution < 1.29 is 0 Å². The standard InChI is InChI=1S/C28H28P2/c1-2-13-28(29-26-20-11-9-18-24(26)22-14-5-3-6-15-22)30-27-21-12-10-19-25(27)23-16-7-4-8-17-23/h3-12,14-21,28-30H,2,13H2,1H3. The van der Waals surface area contributed by atoms with Crippen molar-refractivity contribution in [2.75, 3.05) is 0 Å². The summed E-state index contributed by atoms with van der Waals surface area (Å²) in [7, 11) is 1.64. The number of benzene rings is 4. The molecule has 0 spiro atoms. The van der Waals surface area contributed by atoms with Gasteiger partial charge in [0.2, 0.25) is 0 Å². The van der Waals surface area contributed by atoms with Crippen LogP contribution in [0.2, 0.25) is 0 Å². The Bertz CT molecular complexity index is 973. The van der Waals surface area contributed by atoms with Crippen LogP contribution in [0.1, 0.15) is 19.8 Å². The van der Waals surface area contributed by atoms with E-state index in [2.05, 4.69) is 116 Å². The van der Waals surface area contributed by atoms with E-state index in [1.807, 2.05) is 0 Å². The van der Waals surface area contributed by atoms with Crippen LogP contribution in [0.3, 0.4) is 0 Å². The van der Waals surface area contributed by atoms with Crippen molar-refractivity contribution >= 4 is 27.8 Å². The van der Waals surface area contributed by atoms with E-state index < -0.39 is 0 Å². The van der Waals surface area contributed by atoms with Gasteiger partial charge in [-0.15, -0.1) is 0 Å². The molecule has 0 saturated heterocycles. The third kappa shape index (κ3) is 5.26. The molecule has 0 aliphatic carbocycles. The molecule has 2 heteroatoms. The van der Waals surface area contributed by atoms with Crippen molar-refractivity contribution in [3.63, 3.8) is 0 Å². The molecule has 2 atom stereocenters. The minimum Gasteiger partial charge on any atom is -0.0821 e. The second-order valence-electron chi connectivity index (χ2n) is 7.45. The van der Waals surface area contributed by atoms with E-state index in [9.17, 15) is 0 Å². The van der Waals surface area contributed by atoms with Gasteiger partial charge in [0, 0.05) is 5.40 Å². The fourth-order valence-corrected chi connectivity index (χ4v) is 7.79. The van der Waals surface area contributed by atoms with E-state index in [0.29, 0.717) is 5.40 Å². The van der Waals surface area contributed by atoms with E-state index >= 15 is 0 Å². The number of rotatable bonds is 8. The molecule has 4 rings (SSSR count). The number of hydrogen-bond donors (Lipinski definition) is 0. The molecule has 0 radical (unpaired) electrons. The third-order valence-electron chi connectivity index (χ3n) is 5.26. The van der Waals surface area contributed by atoms with Crippen molar-refractivity contribution in [3.8, 4) is 22.3 Å². The monoisotopic (exact) mass is 426 g/mol. The molecule has 150 valence electrons. The van der Waals surface area contributed by atoms with Gasteiger partial charge in [0.1, 0.15) is 0 Å². The summed E-state index contributed by atoms with van der Waals surface area (Å²) in [5.74, 6) is 0. The maximum absolute atomic E-state index is 2.33. The lowest BCUT2D eigenvalue weighted by atomic mass is 10.1. The highest BCUT2D eigenvalue weighted by molar-refractivity contribution is 7.65. The lowest BCUT2D eigenvalue weighted by molar-refractivity contribution is 0.867. The molecule has 2 unspecified atom stereocenters. The predicted octanol–water partition coefficient (Wildman–Crippen LogP) is 7.45. The highest BCUT2D eigenvalue weighted by Crippen LogP contribution is 2.40. The van der Waals surface area contributed by atoms with Gasteiger partial charge < -0.3 is 0 Å². The molecule has 0 saturated carbocycles. The Morgan fingerprint density at radius 2 is 0.933 bits per heavy atom. The summed E-state index contributed by atoms with van der Waals surface area (Å²) in [5.41, 5.74) is 5.42. The zero-order chi connectivity index (χ0) is 20.6. The van der Waals surface area contributed by atoms with Gasteiger partial charge in [0.15, 0.2) is 0 Å². The molecule has 0 fully saturated rings. The van der Waals surface area contributed by atoms with Crippen LogP contribution in [0.5, 0.6) is 0 Å². The summed E-state index contributed by atoms with van der Waals surface area (Å²) in [6.07, 6.45) is 2.49. The first kappa shape index (κ1) is 21.0. The highest BCUT2D eigenvalue weighted by Gasteiger charge is 2.15. The molecule has 4 aromatic rings. The Balaban J connectivity index is 1.62. The average molecular weight is 426 g/mol. The van der Waals surface area contributed by atoms with Gasteiger partial charge >= 0.3 is 0 Å². The van der Waals surface area contributed by atoms with Crippen LogP contribution in [0, 0.1) is 0 Å². The van der Waals surface area contributed by atoms with Crippen LogP contribution in [-0.2, 0) is 0 Å². The summed E-state index contributed by atoms with van der Waals surface area (Å²) in [4.78, 5) is 0. The lowest BCUT2D eigenvalue weighted by Crippen LogP contribution is -2.10. The van der Waals surface area contributed by atoms with Crippen molar-refractivity contribution in [3.05, 3.63) is 109 Å². The topological polar surface area (TPSA) is 0 Å². The molecule has 0 bridgehead atoms. The van der Waals surface area contributed by atoms with Crippen LogP contribution in [-0.4, -0.2) is 5.40 Å². The summed E-state index contributed by atoms with van der Waals surface area (Å²) >= 11 is 0. The first-order valence-corrected chi connectivity index (χ1v) is 12.8. The van der Waals surface area contributed by atoms with Crippen molar-refractivity contribution in [1.82, 2.24) is 0 Å². The minimum atomic E-state index is 0.685. The third-order valence-corrected chi connectivity index (χ3v) is 8.89. The van der Waals surface area contributed by atoms with Crippen LogP contribution < -0.4 is 10.6 Å². The van der Waals surface area contributed by atoms with Crippen LogP contribution in [0.4, 0.5) is 0 Å². The maximum atomic E-state index is 2.33. The molecule has 0 aromatic heterocycles. The van der Waals surface area contributed by atoms with Gasteiger partial charge in [0.25, 0.3) is 0 Å². The van der Waals surface area contributed by atoms with Gasteiger partial charge in [-0.2, -0.15) is 0 Å². The second-order valence-corrected chi connectivity index (χ2v) is 11.1. The van der Waals surface area contributed by atoms with Crippen molar-refractivity contribution in [2.45, 2.75) is 25.2 Å². The van der Waals surface area contributed by atoms with E-state index in [4.69, 9.17) is 0 Å². The van der Waals surface area contributed by atoms with Gasteiger partial charge in [-0.1, -0.05) is 140 Å². The molecule has 0 aliphatic rings. The molecule has 0 amide bonds. The average Bonchev–Trinajstić information content (AvgIpc) is 2.81. The highest BCUT2D eigenvalue weighted by atomic mass is 31.1. The van der Waals surface area contributed by atoms with Crippen LogP contribution in [0.25, 0.3) is 22.3 Å². The first-order valence-electron chi connectivity index (χ1n) is 10.7. The van der Waals surface area contributed by atoms with Crippen LogP contribution in [0.15, 0.2) is 109 Å². The normalized spacial score (nSPS) is 12.7. The van der Waals surface area contributed by atoms with E-state index in [1.165, 1.54) is 45.7 Å². The summed E-state index contributed by atoms with van der Waals surface area (Å²) in [6, 6.07) is 39.6. The van der Waals surface area contributed by atoms with E-state index in [-0.39, 0.29) is 0 Å². The summed E-state index contributed by atoms with van der Waals surface area (Å²) in [5, 5.41) is 3.67. The Kier molecular flexibility index (Phi) is 7.47. The molecule has 0 heterocycles. The fourth-order valence-electron chi connectivity index (χ4n) is 3.80. The fraction of sp³-hybridized carbons (Fsp3) is 0.143. The molecule has 4 aromatic carbocycles. The molecular weight excluding hydrogens is 398 g/mol. The van der Waals surface area contributed by atoms with Gasteiger partial charge in [-0.05, 0) is 39.3 Å². The SMILES string of the molecule is CCCC(Pc1ccccc1-c1ccccc1)Pc1ccccc1-c1ccccc1. The second kappa shape index (κ2) is 10.7. The summed E-state index contributed by atoms with van der Waals surface area (Å²) in [6.45, 7) is 2.31. The Morgan fingerprint density at radius 1 is 0.533 bits per heavy atom. The molecular formula is C28H28P2. The zero-order valence-electron chi connectivity index (χ0n) is 17.4. The molecule has 0 nitrogen and oxygen atoms in total. The lowest BCUT2D eigenvalue weighted by Gasteiger charge is -2.21. The quantitative estimate of drug-likeness (QED) is 0.257. The van der Waals surface area contributed by atoms with Gasteiger partial charge in [-0.25, -0.2) is 0 Å². The van der Waals surface area contributed by atoms with E-state index in [0.717, 1.165) is 17.2 Å². The molecule has 30 heavy (non-hydrogen) atoms. The smallest absolute Gasteiger partial charge is 0.00202 e. The Hall–Kier alpha value is -2.26. The molecule has 0 N–H and O–H groups in total. The first-order chi connectivity index (χ1) is 14.8. The van der Waals surface area contributed by atoms with Crippen molar-refractivity contribution in [2.24, 2.45) is 0 Å². The number of hydrogen-bond acceptors (Lipinski definition) is 0. The maximum Gasteiger partial charge on any atom is 0.00202 e.